The molecule has 0 spiro atoms. The van der Waals surface area contributed by atoms with Gasteiger partial charge in [0.15, 0.2) is 0 Å². The van der Waals surface area contributed by atoms with Crippen molar-refractivity contribution in [1.82, 2.24) is 9.97 Å². The number of nitrogens with two attached hydrogens (primary N) is 1. The molecule has 2 aromatic heterocycles. The molecule has 86 valence electrons. The molecule has 0 aromatic carbocycles. The van der Waals surface area contributed by atoms with Crippen molar-refractivity contribution >= 4 is 22.9 Å². The summed E-state index contributed by atoms with van der Waals surface area (Å²) in [7, 11) is 0. The number of hydrogen-bond donors (Lipinski definition) is 2. The summed E-state index contributed by atoms with van der Waals surface area (Å²) in [5, 5.41) is 2.02. The smallest absolute Gasteiger partial charge is 0.110 e. The summed E-state index contributed by atoms with van der Waals surface area (Å²) in [6.07, 6.45) is 2.83. The van der Waals surface area contributed by atoms with Crippen LogP contribution in [0.4, 0.5) is 0 Å². The highest BCUT2D eigenvalue weighted by molar-refractivity contribution is 7.14. The van der Waals surface area contributed by atoms with E-state index in [2.05, 4.69) is 16.9 Å². The van der Waals surface area contributed by atoms with Gasteiger partial charge < -0.3 is 10.7 Å². The average molecular weight is 256 g/mol. The maximum atomic E-state index is 5.90. The molecule has 16 heavy (non-hydrogen) atoms. The van der Waals surface area contributed by atoms with Gasteiger partial charge in [-0.15, -0.1) is 11.3 Å². The minimum absolute atomic E-state index is 0.308. The van der Waals surface area contributed by atoms with Crippen LogP contribution < -0.4 is 5.73 Å². The molecule has 0 saturated heterocycles. The first-order valence-corrected chi connectivity index (χ1v) is 6.49. The van der Waals surface area contributed by atoms with Crippen LogP contribution in [0, 0.1) is 0 Å². The van der Waals surface area contributed by atoms with Crippen LogP contribution in [-0.2, 0) is 0 Å². The summed E-state index contributed by atoms with van der Waals surface area (Å²) in [5.74, 6) is 1.27. The van der Waals surface area contributed by atoms with E-state index in [9.17, 15) is 0 Å². The van der Waals surface area contributed by atoms with E-state index in [1.807, 2.05) is 17.6 Å². The fourth-order valence-electron chi connectivity index (χ4n) is 1.61. The largest absolute Gasteiger partial charge is 0.342 e. The highest BCUT2D eigenvalue weighted by Crippen LogP contribution is 2.28. The van der Waals surface area contributed by atoms with Crippen molar-refractivity contribution in [3.63, 3.8) is 0 Å². The van der Waals surface area contributed by atoms with Crippen molar-refractivity contribution in [2.75, 3.05) is 6.54 Å². The van der Waals surface area contributed by atoms with Crippen molar-refractivity contribution < 1.29 is 0 Å². The molecule has 2 aromatic rings. The molecule has 0 aliphatic rings. The van der Waals surface area contributed by atoms with E-state index in [0.717, 1.165) is 27.8 Å². The maximum Gasteiger partial charge on any atom is 0.110 e. The number of thiophene rings is 1. The Hall–Kier alpha value is -0.840. The Bertz CT molecular complexity index is 459. The second kappa shape index (κ2) is 4.99. The van der Waals surface area contributed by atoms with E-state index >= 15 is 0 Å². The van der Waals surface area contributed by atoms with Gasteiger partial charge in [0.25, 0.3) is 0 Å². The Balaban J connectivity index is 2.25. The Labute approximate surface area is 104 Å². The lowest BCUT2D eigenvalue weighted by Gasteiger charge is -2.07. The van der Waals surface area contributed by atoms with Gasteiger partial charge in [0.05, 0.1) is 16.2 Å². The van der Waals surface area contributed by atoms with E-state index < -0.39 is 0 Å². The van der Waals surface area contributed by atoms with Crippen LogP contribution in [0.5, 0.6) is 0 Å². The number of H-pyrrole nitrogens is 1. The lowest BCUT2D eigenvalue weighted by atomic mass is 10.1. The van der Waals surface area contributed by atoms with Crippen LogP contribution in [0.3, 0.4) is 0 Å². The zero-order chi connectivity index (χ0) is 11.5. The third kappa shape index (κ3) is 2.29. The molecule has 2 rings (SSSR count). The minimum atomic E-state index is 0.308. The van der Waals surface area contributed by atoms with Crippen LogP contribution in [0.1, 0.15) is 25.1 Å². The molecule has 3 N–H and O–H groups in total. The van der Waals surface area contributed by atoms with E-state index in [-0.39, 0.29) is 0 Å². The molecule has 0 fully saturated rings. The first kappa shape index (κ1) is 11.6. The van der Waals surface area contributed by atoms with Crippen molar-refractivity contribution in [3.8, 4) is 11.3 Å². The third-order valence-corrected chi connectivity index (χ3v) is 3.73. The minimum Gasteiger partial charge on any atom is -0.342 e. The van der Waals surface area contributed by atoms with Gasteiger partial charge in [-0.1, -0.05) is 18.5 Å². The van der Waals surface area contributed by atoms with Crippen LogP contribution >= 0.6 is 22.9 Å². The Morgan fingerprint density at radius 2 is 2.44 bits per heavy atom. The van der Waals surface area contributed by atoms with E-state index in [4.69, 9.17) is 17.3 Å². The van der Waals surface area contributed by atoms with Gasteiger partial charge in [-0.05, 0) is 12.5 Å². The number of halogens is 1. The Kier molecular flexibility index (Phi) is 3.63. The number of nitrogens with zero attached hydrogens (tertiary/aromatic N) is 1. The zero-order valence-corrected chi connectivity index (χ0v) is 10.6. The highest BCUT2D eigenvalue weighted by Gasteiger charge is 2.12. The number of imidazole rings is 1. The van der Waals surface area contributed by atoms with Gasteiger partial charge in [0.2, 0.25) is 0 Å². The topological polar surface area (TPSA) is 54.7 Å². The molecule has 2 heterocycles. The summed E-state index contributed by atoms with van der Waals surface area (Å²) >= 11 is 7.42. The fraction of sp³-hybridized carbons (Fsp3) is 0.364. The molecule has 0 radical (unpaired) electrons. The molecule has 0 aliphatic carbocycles. The fourth-order valence-corrected chi connectivity index (χ4v) is 2.49. The predicted molar refractivity (Wildman–Crippen MR) is 69.0 cm³/mol. The molecular weight excluding hydrogens is 242 g/mol. The number of nitrogens with one attached hydrogen (secondary N) is 1. The van der Waals surface area contributed by atoms with Crippen molar-refractivity contribution in [2.45, 2.75) is 19.3 Å². The molecule has 0 aliphatic heterocycles. The number of aromatic nitrogens is 2. The second-order valence-electron chi connectivity index (χ2n) is 3.66. The Morgan fingerprint density at radius 3 is 3.00 bits per heavy atom. The number of hydrogen-bond acceptors (Lipinski definition) is 3. The average Bonchev–Trinajstić information content (AvgIpc) is 2.89. The van der Waals surface area contributed by atoms with Gasteiger partial charge in [0, 0.05) is 23.4 Å². The van der Waals surface area contributed by atoms with E-state index in [1.165, 1.54) is 11.3 Å². The summed E-state index contributed by atoms with van der Waals surface area (Å²) < 4.78 is 0.789. The summed E-state index contributed by atoms with van der Waals surface area (Å²) in [6, 6.07) is 1.94. The number of rotatable bonds is 4. The van der Waals surface area contributed by atoms with Crippen LogP contribution in [0.15, 0.2) is 17.6 Å². The summed E-state index contributed by atoms with van der Waals surface area (Å²) in [5.41, 5.74) is 7.78. The predicted octanol–water partition coefficient (Wildman–Crippen LogP) is 3.24. The van der Waals surface area contributed by atoms with Crippen molar-refractivity contribution in [3.05, 3.63) is 27.8 Å². The first-order valence-electron chi connectivity index (χ1n) is 5.24. The van der Waals surface area contributed by atoms with E-state index in [0.29, 0.717) is 12.5 Å². The van der Waals surface area contributed by atoms with Crippen LogP contribution in [0.25, 0.3) is 11.3 Å². The molecule has 5 heteroatoms. The van der Waals surface area contributed by atoms with Crippen LogP contribution in [0.2, 0.25) is 4.34 Å². The lowest BCUT2D eigenvalue weighted by Crippen LogP contribution is -2.12. The molecule has 0 saturated carbocycles. The first-order chi connectivity index (χ1) is 7.74. The third-order valence-electron chi connectivity index (χ3n) is 2.64. The van der Waals surface area contributed by atoms with Gasteiger partial charge in [-0.3, -0.25) is 0 Å². The van der Waals surface area contributed by atoms with Gasteiger partial charge in [0.1, 0.15) is 5.82 Å². The quantitative estimate of drug-likeness (QED) is 0.881. The van der Waals surface area contributed by atoms with Crippen LogP contribution in [-0.4, -0.2) is 16.5 Å². The van der Waals surface area contributed by atoms with Gasteiger partial charge >= 0.3 is 0 Å². The van der Waals surface area contributed by atoms with E-state index in [1.54, 1.807) is 0 Å². The Morgan fingerprint density at radius 1 is 1.62 bits per heavy atom. The standard InChI is InChI=1S/C11H14ClN3S/c1-2-7(4-13)11-14-5-9(15-11)8-3-10(12)16-6-8/h3,5-7H,2,4,13H2,1H3,(H,14,15). The lowest BCUT2D eigenvalue weighted by molar-refractivity contribution is 0.639. The molecule has 1 unspecified atom stereocenters. The molecular formula is C11H14ClN3S. The summed E-state index contributed by atoms with van der Waals surface area (Å²) in [4.78, 5) is 7.67. The SMILES string of the molecule is CCC(CN)c1ncc(-c2csc(Cl)c2)[nH]1. The highest BCUT2D eigenvalue weighted by atomic mass is 35.5. The summed E-state index contributed by atoms with van der Waals surface area (Å²) in [6.45, 7) is 2.73. The van der Waals surface area contributed by atoms with Crippen molar-refractivity contribution in [1.29, 1.82) is 0 Å². The maximum absolute atomic E-state index is 5.90. The second-order valence-corrected chi connectivity index (χ2v) is 5.21. The monoisotopic (exact) mass is 255 g/mol. The molecule has 3 nitrogen and oxygen atoms in total. The van der Waals surface area contributed by atoms with Crippen molar-refractivity contribution in [2.24, 2.45) is 5.73 Å². The van der Waals surface area contributed by atoms with Gasteiger partial charge in [-0.25, -0.2) is 4.98 Å². The number of aromatic amines is 1. The molecule has 0 bridgehead atoms. The van der Waals surface area contributed by atoms with Gasteiger partial charge in [-0.2, -0.15) is 0 Å². The zero-order valence-electron chi connectivity index (χ0n) is 9.03. The molecule has 0 amide bonds. The normalized spacial score (nSPS) is 12.9. The molecule has 1 atom stereocenters.